The Morgan fingerprint density at radius 3 is 2.88 bits per heavy atom. The minimum absolute atomic E-state index is 0.0338. The van der Waals surface area contributed by atoms with E-state index in [1.807, 2.05) is 0 Å². The van der Waals surface area contributed by atoms with Gasteiger partial charge in [0.25, 0.3) is 0 Å². The fraction of sp³-hybridized carbons (Fsp3) is 0.917. The first-order valence-corrected chi connectivity index (χ1v) is 6.55. The monoisotopic (exact) mass is 242 g/mol. The van der Waals surface area contributed by atoms with Crippen molar-refractivity contribution in [1.82, 2.24) is 10.6 Å². The fourth-order valence-corrected chi connectivity index (χ4v) is 2.27. The molecule has 0 saturated carbocycles. The Morgan fingerprint density at radius 2 is 2.18 bits per heavy atom. The van der Waals surface area contributed by atoms with E-state index in [1.54, 1.807) is 0 Å². The summed E-state index contributed by atoms with van der Waals surface area (Å²) in [4.78, 5) is 11.6. The van der Waals surface area contributed by atoms with E-state index in [0.29, 0.717) is 25.7 Å². The zero-order valence-corrected chi connectivity index (χ0v) is 10.2. The third-order valence-electron chi connectivity index (χ3n) is 3.23. The summed E-state index contributed by atoms with van der Waals surface area (Å²) in [6.45, 7) is 3.95. The Hall–Kier alpha value is -0.650. The zero-order valence-electron chi connectivity index (χ0n) is 10.2. The molecule has 2 heterocycles. The second-order valence-electron chi connectivity index (χ2n) is 4.67. The summed E-state index contributed by atoms with van der Waals surface area (Å²) in [6.07, 6.45) is 4.05. The second kappa shape index (κ2) is 6.93. The maximum atomic E-state index is 11.6. The molecule has 2 aliphatic heterocycles. The molecule has 0 aromatic carbocycles. The van der Waals surface area contributed by atoms with Crippen molar-refractivity contribution in [2.75, 3.05) is 32.8 Å². The van der Waals surface area contributed by atoms with Crippen molar-refractivity contribution in [3.05, 3.63) is 0 Å². The van der Waals surface area contributed by atoms with E-state index in [2.05, 4.69) is 10.6 Å². The van der Waals surface area contributed by atoms with Gasteiger partial charge in [0.05, 0.1) is 25.2 Å². The number of hydrogen-bond donors (Lipinski definition) is 2. The third kappa shape index (κ3) is 4.61. The van der Waals surface area contributed by atoms with Crippen LogP contribution in [0.25, 0.3) is 0 Å². The standard InChI is InChI=1S/C12H22N2O3/c15-12(8-11-9-13-5-7-17-11)14-4-3-10-2-1-6-16-10/h10-11,13H,1-9H2,(H,14,15). The summed E-state index contributed by atoms with van der Waals surface area (Å²) >= 11 is 0. The average Bonchev–Trinajstić information content (AvgIpc) is 2.83. The van der Waals surface area contributed by atoms with Gasteiger partial charge in [0.1, 0.15) is 0 Å². The van der Waals surface area contributed by atoms with E-state index in [4.69, 9.17) is 9.47 Å². The average molecular weight is 242 g/mol. The Kier molecular flexibility index (Phi) is 5.22. The number of hydrogen-bond acceptors (Lipinski definition) is 4. The highest BCUT2D eigenvalue weighted by Gasteiger charge is 2.18. The van der Waals surface area contributed by atoms with Gasteiger partial charge in [-0.1, -0.05) is 0 Å². The maximum absolute atomic E-state index is 11.6. The van der Waals surface area contributed by atoms with Gasteiger partial charge in [-0.3, -0.25) is 4.79 Å². The SMILES string of the molecule is O=C(CC1CNCCO1)NCCC1CCCO1. The van der Waals surface area contributed by atoms with Crippen LogP contribution in [0.15, 0.2) is 0 Å². The molecule has 1 amide bonds. The first-order valence-electron chi connectivity index (χ1n) is 6.55. The van der Waals surface area contributed by atoms with E-state index in [0.717, 1.165) is 39.0 Å². The fourth-order valence-electron chi connectivity index (χ4n) is 2.27. The number of amides is 1. The molecule has 5 nitrogen and oxygen atoms in total. The van der Waals surface area contributed by atoms with Crippen LogP contribution in [0.1, 0.15) is 25.7 Å². The van der Waals surface area contributed by atoms with E-state index in [1.165, 1.54) is 0 Å². The molecule has 0 radical (unpaired) electrons. The maximum Gasteiger partial charge on any atom is 0.222 e. The topological polar surface area (TPSA) is 59.6 Å². The van der Waals surface area contributed by atoms with Gasteiger partial charge in [-0.05, 0) is 19.3 Å². The van der Waals surface area contributed by atoms with Gasteiger partial charge in [0, 0.05) is 26.2 Å². The summed E-state index contributed by atoms with van der Waals surface area (Å²) in [5.74, 6) is 0.0803. The molecule has 2 fully saturated rings. The number of carbonyl (C=O) groups is 1. The van der Waals surface area contributed by atoms with Gasteiger partial charge in [-0.15, -0.1) is 0 Å². The molecular weight excluding hydrogens is 220 g/mol. The number of nitrogens with one attached hydrogen (secondary N) is 2. The third-order valence-corrected chi connectivity index (χ3v) is 3.23. The van der Waals surface area contributed by atoms with Gasteiger partial charge in [0.15, 0.2) is 0 Å². The first-order chi connectivity index (χ1) is 8.34. The Balaban J connectivity index is 1.53. The molecule has 0 aliphatic carbocycles. The van der Waals surface area contributed by atoms with E-state index in [-0.39, 0.29) is 12.0 Å². The molecule has 2 saturated heterocycles. The minimum atomic E-state index is 0.0338. The molecule has 0 aromatic heterocycles. The molecule has 2 N–H and O–H groups in total. The normalized spacial score (nSPS) is 29.2. The quantitative estimate of drug-likeness (QED) is 0.715. The lowest BCUT2D eigenvalue weighted by Crippen LogP contribution is -2.41. The molecule has 2 unspecified atom stereocenters. The predicted octanol–water partition coefficient (Wildman–Crippen LogP) is 0.0502. The molecule has 17 heavy (non-hydrogen) atoms. The van der Waals surface area contributed by atoms with Crippen LogP contribution in [0.5, 0.6) is 0 Å². The van der Waals surface area contributed by atoms with E-state index < -0.39 is 0 Å². The van der Waals surface area contributed by atoms with Crippen molar-refractivity contribution >= 4 is 5.91 Å². The smallest absolute Gasteiger partial charge is 0.222 e. The predicted molar refractivity (Wildman–Crippen MR) is 63.8 cm³/mol. The van der Waals surface area contributed by atoms with Crippen molar-refractivity contribution in [3.63, 3.8) is 0 Å². The van der Waals surface area contributed by atoms with E-state index >= 15 is 0 Å². The lowest BCUT2D eigenvalue weighted by atomic mass is 10.2. The summed E-state index contributed by atoms with van der Waals surface area (Å²) in [7, 11) is 0. The summed E-state index contributed by atoms with van der Waals surface area (Å²) in [5.41, 5.74) is 0. The van der Waals surface area contributed by atoms with Crippen LogP contribution in [0.4, 0.5) is 0 Å². The first kappa shape index (κ1) is 12.8. The Bertz CT molecular complexity index is 236. The molecule has 0 bridgehead atoms. The Morgan fingerprint density at radius 1 is 1.29 bits per heavy atom. The van der Waals surface area contributed by atoms with Gasteiger partial charge in [-0.25, -0.2) is 0 Å². The van der Waals surface area contributed by atoms with Crippen LogP contribution in [-0.4, -0.2) is 51.0 Å². The molecule has 2 atom stereocenters. The highest BCUT2D eigenvalue weighted by atomic mass is 16.5. The summed E-state index contributed by atoms with van der Waals surface area (Å²) < 4.78 is 11.0. The highest BCUT2D eigenvalue weighted by Crippen LogP contribution is 2.14. The second-order valence-corrected chi connectivity index (χ2v) is 4.67. The zero-order chi connectivity index (χ0) is 11.9. The number of morpholine rings is 1. The van der Waals surface area contributed by atoms with Gasteiger partial charge < -0.3 is 20.1 Å². The van der Waals surface area contributed by atoms with E-state index in [9.17, 15) is 4.79 Å². The van der Waals surface area contributed by atoms with Gasteiger partial charge >= 0.3 is 0 Å². The van der Waals surface area contributed by atoms with Crippen LogP contribution < -0.4 is 10.6 Å². The molecule has 2 rings (SSSR count). The Labute approximate surface area is 102 Å². The van der Waals surface area contributed by atoms with Crippen molar-refractivity contribution in [2.45, 2.75) is 37.9 Å². The minimum Gasteiger partial charge on any atom is -0.378 e. The summed E-state index contributed by atoms with van der Waals surface area (Å²) in [6, 6.07) is 0. The van der Waals surface area contributed by atoms with Crippen LogP contribution in [0.3, 0.4) is 0 Å². The molecular formula is C12H22N2O3. The number of rotatable bonds is 5. The molecule has 98 valence electrons. The van der Waals surface area contributed by atoms with Crippen molar-refractivity contribution < 1.29 is 14.3 Å². The van der Waals surface area contributed by atoms with Crippen molar-refractivity contribution in [1.29, 1.82) is 0 Å². The van der Waals surface area contributed by atoms with Gasteiger partial charge in [-0.2, -0.15) is 0 Å². The number of carbonyl (C=O) groups excluding carboxylic acids is 1. The molecule has 2 aliphatic rings. The number of ether oxygens (including phenoxy) is 2. The van der Waals surface area contributed by atoms with Crippen molar-refractivity contribution in [2.24, 2.45) is 0 Å². The largest absolute Gasteiger partial charge is 0.378 e. The van der Waals surface area contributed by atoms with Crippen LogP contribution in [0, 0.1) is 0 Å². The summed E-state index contributed by atoms with van der Waals surface area (Å²) in [5, 5.41) is 6.15. The molecule has 0 spiro atoms. The lowest BCUT2D eigenvalue weighted by Gasteiger charge is -2.23. The molecule has 5 heteroatoms. The van der Waals surface area contributed by atoms with Gasteiger partial charge in [0.2, 0.25) is 5.91 Å². The van der Waals surface area contributed by atoms with Crippen LogP contribution >= 0.6 is 0 Å². The van der Waals surface area contributed by atoms with Crippen LogP contribution in [-0.2, 0) is 14.3 Å². The van der Waals surface area contributed by atoms with Crippen molar-refractivity contribution in [3.8, 4) is 0 Å². The molecule has 0 aromatic rings. The highest BCUT2D eigenvalue weighted by molar-refractivity contribution is 5.76. The van der Waals surface area contributed by atoms with Crippen LogP contribution in [0.2, 0.25) is 0 Å². The lowest BCUT2D eigenvalue weighted by molar-refractivity contribution is -0.124.